The zero-order valence-corrected chi connectivity index (χ0v) is 9.99. The standard InChI is InChI=1S/C11H20N2O2/c1-8(2)7-12-5-6-13(9(3)4)11(15)10(12)14/h8-9H,5-7H2,1-4H3. The van der Waals surface area contributed by atoms with Gasteiger partial charge >= 0.3 is 11.8 Å². The topological polar surface area (TPSA) is 40.6 Å². The van der Waals surface area contributed by atoms with Gasteiger partial charge in [-0.1, -0.05) is 13.8 Å². The van der Waals surface area contributed by atoms with Crippen LogP contribution in [0.15, 0.2) is 0 Å². The smallest absolute Gasteiger partial charge is 0.312 e. The van der Waals surface area contributed by atoms with Crippen LogP contribution in [0.1, 0.15) is 27.7 Å². The van der Waals surface area contributed by atoms with Crippen molar-refractivity contribution in [3.8, 4) is 0 Å². The van der Waals surface area contributed by atoms with Gasteiger partial charge in [0, 0.05) is 25.7 Å². The zero-order chi connectivity index (χ0) is 11.6. The normalized spacial score (nSPS) is 18.3. The number of rotatable bonds is 3. The van der Waals surface area contributed by atoms with Gasteiger partial charge in [0.1, 0.15) is 0 Å². The molecule has 15 heavy (non-hydrogen) atoms. The van der Waals surface area contributed by atoms with Crippen LogP contribution < -0.4 is 0 Å². The van der Waals surface area contributed by atoms with Crippen molar-refractivity contribution in [2.45, 2.75) is 33.7 Å². The van der Waals surface area contributed by atoms with Gasteiger partial charge in [-0.25, -0.2) is 0 Å². The van der Waals surface area contributed by atoms with Crippen molar-refractivity contribution in [2.75, 3.05) is 19.6 Å². The number of hydrogen-bond acceptors (Lipinski definition) is 2. The molecule has 0 aromatic carbocycles. The molecule has 0 aromatic rings. The zero-order valence-electron chi connectivity index (χ0n) is 9.99. The van der Waals surface area contributed by atoms with Crippen molar-refractivity contribution in [3.63, 3.8) is 0 Å². The van der Waals surface area contributed by atoms with Crippen molar-refractivity contribution in [2.24, 2.45) is 5.92 Å². The molecule has 1 fully saturated rings. The molecule has 0 atom stereocenters. The molecule has 0 unspecified atom stereocenters. The van der Waals surface area contributed by atoms with E-state index in [1.54, 1.807) is 9.80 Å². The van der Waals surface area contributed by atoms with Gasteiger partial charge in [-0.3, -0.25) is 9.59 Å². The van der Waals surface area contributed by atoms with Gasteiger partial charge in [-0.05, 0) is 19.8 Å². The highest BCUT2D eigenvalue weighted by Crippen LogP contribution is 2.10. The Bertz CT molecular complexity index is 261. The van der Waals surface area contributed by atoms with E-state index in [0.717, 1.165) is 0 Å². The first-order valence-electron chi connectivity index (χ1n) is 5.53. The largest absolute Gasteiger partial charge is 0.332 e. The third kappa shape index (κ3) is 2.70. The lowest BCUT2D eigenvalue weighted by Crippen LogP contribution is -2.56. The van der Waals surface area contributed by atoms with E-state index in [1.807, 2.05) is 27.7 Å². The Morgan fingerprint density at radius 1 is 1.07 bits per heavy atom. The number of piperazine rings is 1. The molecule has 0 saturated carbocycles. The Morgan fingerprint density at radius 2 is 1.67 bits per heavy atom. The monoisotopic (exact) mass is 212 g/mol. The minimum Gasteiger partial charge on any atom is -0.332 e. The molecule has 1 saturated heterocycles. The maximum atomic E-state index is 11.7. The summed E-state index contributed by atoms with van der Waals surface area (Å²) in [6.07, 6.45) is 0. The highest BCUT2D eigenvalue weighted by atomic mass is 16.2. The summed E-state index contributed by atoms with van der Waals surface area (Å²) < 4.78 is 0. The van der Waals surface area contributed by atoms with Crippen LogP contribution in [-0.2, 0) is 9.59 Å². The second-order valence-electron chi connectivity index (χ2n) is 4.74. The fourth-order valence-electron chi connectivity index (χ4n) is 1.80. The van der Waals surface area contributed by atoms with Gasteiger partial charge in [0.05, 0.1) is 0 Å². The molecule has 4 nitrogen and oxygen atoms in total. The number of hydrogen-bond donors (Lipinski definition) is 0. The predicted molar refractivity (Wildman–Crippen MR) is 58.3 cm³/mol. The minimum absolute atomic E-state index is 0.114. The summed E-state index contributed by atoms with van der Waals surface area (Å²) in [4.78, 5) is 26.7. The Hall–Kier alpha value is -1.06. The molecule has 4 heteroatoms. The molecule has 0 aliphatic carbocycles. The van der Waals surface area contributed by atoms with Crippen LogP contribution in [0, 0.1) is 5.92 Å². The SMILES string of the molecule is CC(C)CN1CCN(C(C)C)C(=O)C1=O. The van der Waals surface area contributed by atoms with Crippen LogP contribution in [-0.4, -0.2) is 47.3 Å². The van der Waals surface area contributed by atoms with Gasteiger partial charge < -0.3 is 9.80 Å². The number of nitrogens with zero attached hydrogens (tertiary/aromatic N) is 2. The van der Waals surface area contributed by atoms with Gasteiger partial charge in [0.15, 0.2) is 0 Å². The predicted octanol–water partition coefficient (Wildman–Crippen LogP) is 0.722. The summed E-state index contributed by atoms with van der Waals surface area (Å²) in [6, 6.07) is 0.114. The summed E-state index contributed by atoms with van der Waals surface area (Å²) in [5.74, 6) is -0.284. The van der Waals surface area contributed by atoms with Crippen LogP contribution >= 0.6 is 0 Å². The Kier molecular flexibility index (Phi) is 3.72. The first kappa shape index (κ1) is 12.0. The molecule has 0 N–H and O–H groups in total. The van der Waals surface area contributed by atoms with Crippen molar-refractivity contribution in [3.05, 3.63) is 0 Å². The maximum absolute atomic E-state index is 11.7. The first-order valence-corrected chi connectivity index (χ1v) is 5.53. The van der Waals surface area contributed by atoms with Crippen molar-refractivity contribution < 1.29 is 9.59 Å². The molecule has 1 aliphatic rings. The van der Waals surface area contributed by atoms with Crippen molar-refractivity contribution in [1.82, 2.24) is 9.80 Å². The maximum Gasteiger partial charge on any atom is 0.312 e. The van der Waals surface area contributed by atoms with E-state index in [1.165, 1.54) is 0 Å². The third-order valence-corrected chi connectivity index (χ3v) is 2.55. The third-order valence-electron chi connectivity index (χ3n) is 2.55. The summed E-state index contributed by atoms with van der Waals surface area (Å²) in [6.45, 7) is 9.97. The molecular formula is C11H20N2O2. The lowest BCUT2D eigenvalue weighted by molar-refractivity contribution is -0.157. The van der Waals surface area contributed by atoms with E-state index in [0.29, 0.717) is 25.6 Å². The first-order chi connectivity index (χ1) is 6.93. The molecule has 1 rings (SSSR count). The molecule has 86 valence electrons. The van der Waals surface area contributed by atoms with Crippen molar-refractivity contribution in [1.29, 1.82) is 0 Å². The van der Waals surface area contributed by atoms with E-state index in [-0.39, 0.29) is 17.9 Å². The summed E-state index contributed by atoms with van der Waals surface area (Å²) >= 11 is 0. The number of carbonyl (C=O) groups excluding carboxylic acids is 2. The van der Waals surface area contributed by atoms with E-state index in [4.69, 9.17) is 0 Å². The fraction of sp³-hybridized carbons (Fsp3) is 0.818. The average molecular weight is 212 g/mol. The quantitative estimate of drug-likeness (QED) is 0.647. The average Bonchev–Trinajstić information content (AvgIpc) is 2.12. The Balaban J connectivity index is 2.65. The second-order valence-corrected chi connectivity index (χ2v) is 4.74. The van der Waals surface area contributed by atoms with E-state index < -0.39 is 0 Å². The van der Waals surface area contributed by atoms with Crippen LogP contribution in [0.4, 0.5) is 0 Å². The molecule has 0 bridgehead atoms. The number of amides is 2. The van der Waals surface area contributed by atoms with E-state index >= 15 is 0 Å². The van der Waals surface area contributed by atoms with E-state index in [2.05, 4.69) is 0 Å². The van der Waals surface area contributed by atoms with Crippen LogP contribution in [0.3, 0.4) is 0 Å². The second kappa shape index (κ2) is 4.64. The highest BCUT2D eigenvalue weighted by molar-refractivity contribution is 6.35. The minimum atomic E-state index is -0.350. The molecule has 0 aromatic heterocycles. The molecule has 1 aliphatic heterocycles. The van der Waals surface area contributed by atoms with Crippen LogP contribution in [0.25, 0.3) is 0 Å². The fourth-order valence-corrected chi connectivity index (χ4v) is 1.80. The van der Waals surface area contributed by atoms with Crippen LogP contribution in [0.5, 0.6) is 0 Å². The highest BCUT2D eigenvalue weighted by Gasteiger charge is 2.33. The van der Waals surface area contributed by atoms with Gasteiger partial charge in [-0.15, -0.1) is 0 Å². The van der Waals surface area contributed by atoms with E-state index in [9.17, 15) is 9.59 Å². The summed E-state index contributed by atoms with van der Waals surface area (Å²) in [5.41, 5.74) is 0. The molecule has 1 heterocycles. The van der Waals surface area contributed by atoms with Gasteiger partial charge in [0.25, 0.3) is 0 Å². The van der Waals surface area contributed by atoms with Crippen molar-refractivity contribution >= 4 is 11.8 Å². The van der Waals surface area contributed by atoms with Crippen LogP contribution in [0.2, 0.25) is 0 Å². The lowest BCUT2D eigenvalue weighted by Gasteiger charge is -2.36. The summed E-state index contributed by atoms with van der Waals surface area (Å²) in [7, 11) is 0. The molecule has 0 spiro atoms. The summed E-state index contributed by atoms with van der Waals surface area (Å²) in [5, 5.41) is 0. The van der Waals surface area contributed by atoms with Gasteiger partial charge in [0.2, 0.25) is 0 Å². The Morgan fingerprint density at radius 3 is 2.13 bits per heavy atom. The molecule has 0 radical (unpaired) electrons. The molecule has 2 amide bonds. The number of carbonyl (C=O) groups is 2. The lowest BCUT2D eigenvalue weighted by atomic mass is 10.1. The van der Waals surface area contributed by atoms with Gasteiger partial charge in [-0.2, -0.15) is 0 Å². The molecular weight excluding hydrogens is 192 g/mol. The Labute approximate surface area is 91.2 Å².